The Balaban J connectivity index is 1.53. The molecule has 1 saturated carbocycles. The van der Waals surface area contributed by atoms with Crippen LogP contribution in [0.5, 0.6) is 5.75 Å². The van der Waals surface area contributed by atoms with Crippen molar-refractivity contribution < 1.29 is 18.7 Å². The molecule has 1 heterocycles. The fourth-order valence-electron chi connectivity index (χ4n) is 4.30. The molecule has 0 amide bonds. The Labute approximate surface area is 176 Å². The second kappa shape index (κ2) is 8.82. The second-order valence-corrected chi connectivity index (χ2v) is 7.93. The third kappa shape index (κ3) is 4.45. The molecule has 4 nitrogen and oxygen atoms in total. The number of rotatable bonds is 5. The first-order valence-corrected chi connectivity index (χ1v) is 10.5. The van der Waals surface area contributed by atoms with E-state index in [0.29, 0.717) is 24.2 Å². The molecule has 1 aliphatic carbocycles. The van der Waals surface area contributed by atoms with Crippen LogP contribution in [0.25, 0.3) is 10.9 Å². The maximum absolute atomic E-state index is 15.1. The number of hydrogen-bond donors (Lipinski definition) is 0. The van der Waals surface area contributed by atoms with Gasteiger partial charge in [-0.15, -0.1) is 0 Å². The molecule has 2 aromatic carbocycles. The number of hydrogen-bond acceptors (Lipinski definition) is 4. The quantitative estimate of drug-likeness (QED) is 0.381. The van der Waals surface area contributed by atoms with Crippen LogP contribution in [0.2, 0.25) is 0 Å². The van der Waals surface area contributed by atoms with Crippen LogP contribution >= 0.6 is 0 Å². The molecule has 3 aromatic rings. The van der Waals surface area contributed by atoms with Crippen LogP contribution < -0.4 is 4.74 Å². The molecule has 0 saturated heterocycles. The summed E-state index contributed by atoms with van der Waals surface area (Å²) < 4.78 is 26.6. The topological polar surface area (TPSA) is 48.4 Å². The number of carbonyl (C=O) groups excluding carboxylic acids is 1. The first kappa shape index (κ1) is 20.3. The Kier molecular flexibility index (Phi) is 5.98. The highest BCUT2D eigenvalue weighted by atomic mass is 19.1. The molecular formula is C25H26FNO3. The van der Waals surface area contributed by atoms with Crippen LogP contribution in [-0.4, -0.2) is 11.0 Å². The lowest BCUT2D eigenvalue weighted by Crippen LogP contribution is -2.32. The number of esters is 1. The van der Waals surface area contributed by atoms with E-state index in [1.165, 1.54) is 13.0 Å². The van der Waals surface area contributed by atoms with Crippen LogP contribution in [0, 0.1) is 5.82 Å². The highest BCUT2D eigenvalue weighted by Gasteiger charge is 2.38. The molecule has 1 fully saturated rings. The summed E-state index contributed by atoms with van der Waals surface area (Å²) in [5.74, 6) is -0.348. The van der Waals surface area contributed by atoms with Crippen molar-refractivity contribution in [1.82, 2.24) is 4.98 Å². The van der Waals surface area contributed by atoms with Gasteiger partial charge in [-0.1, -0.05) is 37.1 Å². The highest BCUT2D eigenvalue weighted by Crippen LogP contribution is 2.41. The summed E-state index contributed by atoms with van der Waals surface area (Å²) in [5.41, 5.74) is 1.23. The van der Waals surface area contributed by atoms with Gasteiger partial charge in [-0.2, -0.15) is 0 Å². The van der Waals surface area contributed by atoms with Gasteiger partial charge in [0.15, 0.2) is 0 Å². The minimum atomic E-state index is -0.884. The summed E-state index contributed by atoms with van der Waals surface area (Å²) in [7, 11) is 0. The molecule has 0 unspecified atom stereocenters. The minimum absolute atomic E-state index is 0.249. The molecule has 30 heavy (non-hydrogen) atoms. The van der Waals surface area contributed by atoms with Gasteiger partial charge < -0.3 is 9.47 Å². The van der Waals surface area contributed by atoms with Gasteiger partial charge in [0.05, 0.1) is 11.2 Å². The van der Waals surface area contributed by atoms with Crippen molar-refractivity contribution in [2.45, 2.75) is 57.7 Å². The Bertz CT molecular complexity index is 1040. The lowest BCUT2D eigenvalue weighted by atomic mass is 9.85. The average Bonchev–Trinajstić information content (AvgIpc) is 2.97. The van der Waals surface area contributed by atoms with Crippen molar-refractivity contribution in [1.29, 1.82) is 0 Å². The van der Waals surface area contributed by atoms with Crippen molar-refractivity contribution in [3.05, 3.63) is 71.7 Å². The van der Waals surface area contributed by atoms with E-state index in [1.54, 1.807) is 12.1 Å². The van der Waals surface area contributed by atoms with E-state index in [4.69, 9.17) is 9.47 Å². The first-order chi connectivity index (χ1) is 14.6. The number of benzene rings is 2. The van der Waals surface area contributed by atoms with Gasteiger partial charge in [-0.05, 0) is 49.9 Å². The van der Waals surface area contributed by atoms with Gasteiger partial charge in [-0.25, -0.2) is 9.37 Å². The number of nitrogens with zero attached hydrogens (tertiary/aromatic N) is 1. The van der Waals surface area contributed by atoms with E-state index in [9.17, 15) is 4.79 Å². The molecule has 0 atom stereocenters. The van der Waals surface area contributed by atoms with E-state index < -0.39 is 11.4 Å². The fraction of sp³-hybridized carbons (Fsp3) is 0.360. The van der Waals surface area contributed by atoms with Gasteiger partial charge >= 0.3 is 5.97 Å². The summed E-state index contributed by atoms with van der Waals surface area (Å²) in [6.07, 6.45) is 5.27. The molecule has 0 aliphatic heterocycles. The zero-order chi connectivity index (χ0) is 21.0. The number of fused-ring (bicyclic) bond motifs is 1. The number of para-hydroxylation sites is 1. The van der Waals surface area contributed by atoms with Crippen LogP contribution in [0.4, 0.5) is 4.39 Å². The Morgan fingerprint density at radius 1 is 1.03 bits per heavy atom. The summed E-state index contributed by atoms with van der Waals surface area (Å²) in [5, 5.41) is 1.07. The molecule has 5 heteroatoms. The van der Waals surface area contributed by atoms with Crippen molar-refractivity contribution in [2.75, 3.05) is 0 Å². The third-order valence-corrected chi connectivity index (χ3v) is 5.72. The van der Waals surface area contributed by atoms with Crippen LogP contribution in [0.3, 0.4) is 0 Å². The molecular weight excluding hydrogens is 381 g/mol. The molecule has 1 aromatic heterocycles. The van der Waals surface area contributed by atoms with Crippen LogP contribution in [0.1, 0.15) is 56.7 Å². The maximum atomic E-state index is 15.1. The Morgan fingerprint density at radius 2 is 1.80 bits per heavy atom. The largest absolute Gasteiger partial charge is 0.487 e. The molecule has 1 aliphatic rings. The Hall–Kier alpha value is -2.95. The number of pyridine rings is 1. The van der Waals surface area contributed by atoms with Crippen molar-refractivity contribution in [3.8, 4) is 5.75 Å². The number of halogens is 1. The van der Waals surface area contributed by atoms with E-state index in [1.807, 2.05) is 36.4 Å². The lowest BCUT2D eigenvalue weighted by molar-refractivity contribution is -0.160. The molecule has 0 bridgehead atoms. The lowest BCUT2D eigenvalue weighted by Gasteiger charge is -2.33. The van der Waals surface area contributed by atoms with Crippen molar-refractivity contribution in [3.63, 3.8) is 0 Å². The van der Waals surface area contributed by atoms with Gasteiger partial charge in [-0.3, -0.25) is 4.79 Å². The van der Waals surface area contributed by atoms with Crippen LogP contribution in [0.15, 0.2) is 54.6 Å². The van der Waals surface area contributed by atoms with E-state index >= 15 is 4.39 Å². The van der Waals surface area contributed by atoms with Crippen molar-refractivity contribution >= 4 is 16.9 Å². The zero-order valence-electron chi connectivity index (χ0n) is 17.2. The Morgan fingerprint density at radius 3 is 2.53 bits per heavy atom. The van der Waals surface area contributed by atoms with E-state index in [2.05, 4.69) is 4.98 Å². The number of ether oxygens (including phenoxy) is 2. The normalized spacial score (nSPS) is 16.1. The highest BCUT2D eigenvalue weighted by molar-refractivity contribution is 5.78. The summed E-state index contributed by atoms with van der Waals surface area (Å²) >= 11 is 0. The smallest absolute Gasteiger partial charge is 0.303 e. The van der Waals surface area contributed by atoms with Crippen LogP contribution in [-0.2, 0) is 21.7 Å². The van der Waals surface area contributed by atoms with Crippen molar-refractivity contribution in [2.24, 2.45) is 0 Å². The third-order valence-electron chi connectivity index (χ3n) is 5.72. The first-order valence-electron chi connectivity index (χ1n) is 10.5. The van der Waals surface area contributed by atoms with Gasteiger partial charge in [0.25, 0.3) is 0 Å². The summed E-state index contributed by atoms with van der Waals surface area (Å²) in [4.78, 5) is 16.3. The molecule has 0 spiro atoms. The standard InChI is InChI=1S/C25H26FNO3/c1-18(28)30-25(14-6-2-3-7-15-25)22-13-12-21(16-23(22)26)29-17-20-11-10-19-8-4-5-9-24(19)27-20/h4-5,8-13,16H,2-3,6-7,14-15,17H2,1H3. The number of carbonyl (C=O) groups is 1. The molecule has 0 N–H and O–H groups in total. The minimum Gasteiger partial charge on any atom is -0.487 e. The number of aromatic nitrogens is 1. The zero-order valence-corrected chi connectivity index (χ0v) is 17.2. The van der Waals surface area contributed by atoms with E-state index in [0.717, 1.165) is 42.3 Å². The average molecular weight is 407 g/mol. The van der Waals surface area contributed by atoms with E-state index in [-0.39, 0.29) is 12.6 Å². The SMILES string of the molecule is CC(=O)OC1(c2ccc(OCc3ccc4ccccc4n3)cc2F)CCCCCC1. The predicted octanol–water partition coefficient (Wildman–Crippen LogP) is 6.07. The monoisotopic (exact) mass is 407 g/mol. The summed E-state index contributed by atoms with van der Waals surface area (Å²) in [6, 6.07) is 16.6. The second-order valence-electron chi connectivity index (χ2n) is 7.93. The van der Waals surface area contributed by atoms with Gasteiger partial charge in [0, 0.05) is 23.9 Å². The fourth-order valence-corrected chi connectivity index (χ4v) is 4.30. The molecule has 156 valence electrons. The maximum Gasteiger partial charge on any atom is 0.303 e. The molecule has 4 rings (SSSR count). The summed E-state index contributed by atoms with van der Waals surface area (Å²) in [6.45, 7) is 1.64. The van der Waals surface area contributed by atoms with Gasteiger partial charge in [0.2, 0.25) is 0 Å². The van der Waals surface area contributed by atoms with Gasteiger partial charge in [0.1, 0.15) is 23.8 Å². The molecule has 0 radical (unpaired) electrons. The predicted molar refractivity (Wildman–Crippen MR) is 114 cm³/mol.